The molecule has 2 atom stereocenters. The lowest BCUT2D eigenvalue weighted by atomic mass is 10.0. The SMILES string of the molecule is CCC12CC1CN(CC(=O)NCCc1ccccc1)C2. The largest absolute Gasteiger partial charge is 0.355 e. The summed E-state index contributed by atoms with van der Waals surface area (Å²) in [5, 5.41) is 3.04. The van der Waals surface area contributed by atoms with Crippen LogP contribution in [0.15, 0.2) is 30.3 Å². The number of nitrogens with zero attached hydrogens (tertiary/aromatic N) is 1. The quantitative estimate of drug-likeness (QED) is 0.860. The van der Waals surface area contributed by atoms with Crippen molar-refractivity contribution < 1.29 is 4.79 Å². The van der Waals surface area contributed by atoms with Gasteiger partial charge in [-0.1, -0.05) is 37.3 Å². The molecule has 1 aliphatic carbocycles. The maximum Gasteiger partial charge on any atom is 0.234 e. The van der Waals surface area contributed by atoms with Crippen molar-refractivity contribution in [3.8, 4) is 0 Å². The summed E-state index contributed by atoms with van der Waals surface area (Å²) in [5.74, 6) is 1.04. The standard InChI is InChI=1S/C17H24N2O/c1-2-17-10-15(17)11-19(13-17)12-16(20)18-9-8-14-6-4-3-5-7-14/h3-7,15H,2,8-13H2,1H3,(H,18,20). The Kier molecular flexibility index (Phi) is 3.79. The molecule has 3 heteroatoms. The second-order valence-electron chi connectivity index (χ2n) is 6.37. The molecule has 2 aliphatic rings. The molecule has 1 aromatic carbocycles. The fourth-order valence-electron chi connectivity index (χ4n) is 3.62. The minimum atomic E-state index is 0.175. The van der Waals surface area contributed by atoms with Gasteiger partial charge in [-0.2, -0.15) is 0 Å². The van der Waals surface area contributed by atoms with Gasteiger partial charge in [-0.05, 0) is 36.2 Å². The zero-order chi connectivity index (χ0) is 14.0. The van der Waals surface area contributed by atoms with E-state index in [0.717, 1.165) is 32.0 Å². The number of carbonyl (C=O) groups is 1. The number of rotatable bonds is 6. The molecular formula is C17H24N2O. The predicted molar refractivity (Wildman–Crippen MR) is 80.4 cm³/mol. The minimum absolute atomic E-state index is 0.175. The Balaban J connectivity index is 1.36. The summed E-state index contributed by atoms with van der Waals surface area (Å²) in [6.45, 7) is 5.84. The van der Waals surface area contributed by atoms with E-state index in [4.69, 9.17) is 0 Å². The van der Waals surface area contributed by atoms with E-state index in [1.807, 2.05) is 18.2 Å². The summed E-state index contributed by atoms with van der Waals surface area (Å²) in [5.41, 5.74) is 1.85. The zero-order valence-corrected chi connectivity index (χ0v) is 12.3. The highest BCUT2D eigenvalue weighted by Crippen LogP contribution is 2.59. The third-order valence-corrected chi connectivity index (χ3v) is 5.03. The Morgan fingerprint density at radius 3 is 2.90 bits per heavy atom. The first kappa shape index (κ1) is 13.6. The molecule has 20 heavy (non-hydrogen) atoms. The average Bonchev–Trinajstić information content (AvgIpc) is 3.02. The summed E-state index contributed by atoms with van der Waals surface area (Å²) >= 11 is 0. The van der Waals surface area contributed by atoms with Crippen molar-refractivity contribution >= 4 is 5.91 Å². The number of likely N-dealkylation sites (tertiary alicyclic amines) is 1. The molecule has 1 aliphatic heterocycles. The third-order valence-electron chi connectivity index (χ3n) is 5.03. The highest BCUT2D eigenvalue weighted by molar-refractivity contribution is 5.78. The number of benzene rings is 1. The Hall–Kier alpha value is -1.35. The topological polar surface area (TPSA) is 32.3 Å². The molecule has 0 spiro atoms. The van der Waals surface area contributed by atoms with E-state index in [2.05, 4.69) is 29.3 Å². The smallest absolute Gasteiger partial charge is 0.234 e. The van der Waals surface area contributed by atoms with Crippen LogP contribution in [0.5, 0.6) is 0 Å². The van der Waals surface area contributed by atoms with Gasteiger partial charge in [-0.25, -0.2) is 0 Å². The fourth-order valence-corrected chi connectivity index (χ4v) is 3.62. The van der Waals surface area contributed by atoms with Crippen LogP contribution in [0.4, 0.5) is 0 Å². The van der Waals surface area contributed by atoms with Gasteiger partial charge in [0.25, 0.3) is 0 Å². The molecule has 0 aromatic heterocycles. The van der Waals surface area contributed by atoms with Crippen molar-refractivity contribution in [2.24, 2.45) is 11.3 Å². The van der Waals surface area contributed by atoms with Gasteiger partial charge in [0, 0.05) is 19.6 Å². The average molecular weight is 272 g/mol. The lowest BCUT2D eigenvalue weighted by Gasteiger charge is -2.19. The number of fused-ring (bicyclic) bond motifs is 1. The first-order chi connectivity index (χ1) is 9.72. The van der Waals surface area contributed by atoms with Crippen LogP contribution in [0.25, 0.3) is 0 Å². The van der Waals surface area contributed by atoms with Crippen molar-refractivity contribution in [3.63, 3.8) is 0 Å². The first-order valence-corrected chi connectivity index (χ1v) is 7.75. The maximum atomic E-state index is 12.0. The lowest BCUT2D eigenvalue weighted by molar-refractivity contribution is -0.122. The summed E-state index contributed by atoms with van der Waals surface area (Å²) in [4.78, 5) is 14.3. The van der Waals surface area contributed by atoms with E-state index in [-0.39, 0.29) is 5.91 Å². The van der Waals surface area contributed by atoms with E-state index >= 15 is 0 Å². The second-order valence-corrected chi connectivity index (χ2v) is 6.37. The molecule has 1 heterocycles. The molecule has 3 nitrogen and oxygen atoms in total. The van der Waals surface area contributed by atoms with Crippen molar-refractivity contribution in [2.45, 2.75) is 26.2 Å². The number of carbonyl (C=O) groups excluding carboxylic acids is 1. The number of nitrogens with one attached hydrogen (secondary N) is 1. The Morgan fingerprint density at radius 2 is 2.20 bits per heavy atom. The Labute approximate surface area is 121 Å². The van der Waals surface area contributed by atoms with Crippen LogP contribution < -0.4 is 5.32 Å². The Bertz CT molecular complexity index is 469. The monoisotopic (exact) mass is 272 g/mol. The molecule has 1 amide bonds. The third kappa shape index (κ3) is 2.88. The van der Waals surface area contributed by atoms with Crippen LogP contribution >= 0.6 is 0 Å². The summed E-state index contributed by atoms with van der Waals surface area (Å²) in [6.07, 6.45) is 3.56. The van der Waals surface area contributed by atoms with Crippen LogP contribution in [-0.2, 0) is 11.2 Å². The Morgan fingerprint density at radius 1 is 1.40 bits per heavy atom. The summed E-state index contributed by atoms with van der Waals surface area (Å²) < 4.78 is 0. The molecule has 1 saturated carbocycles. The fraction of sp³-hybridized carbons (Fsp3) is 0.588. The highest BCUT2D eigenvalue weighted by atomic mass is 16.2. The summed E-state index contributed by atoms with van der Waals surface area (Å²) in [6, 6.07) is 10.3. The van der Waals surface area contributed by atoms with Gasteiger partial charge < -0.3 is 5.32 Å². The van der Waals surface area contributed by atoms with Crippen LogP contribution in [0.1, 0.15) is 25.3 Å². The van der Waals surface area contributed by atoms with E-state index in [9.17, 15) is 4.79 Å². The molecule has 2 fully saturated rings. The molecule has 3 rings (SSSR count). The van der Waals surface area contributed by atoms with Gasteiger partial charge >= 0.3 is 0 Å². The van der Waals surface area contributed by atoms with Crippen molar-refractivity contribution in [1.82, 2.24) is 10.2 Å². The number of hydrogen-bond donors (Lipinski definition) is 1. The van der Waals surface area contributed by atoms with Gasteiger partial charge in [0.2, 0.25) is 5.91 Å². The van der Waals surface area contributed by atoms with Gasteiger partial charge in [-0.3, -0.25) is 9.69 Å². The lowest BCUT2D eigenvalue weighted by Crippen LogP contribution is -2.38. The molecular weight excluding hydrogens is 248 g/mol. The molecule has 1 N–H and O–H groups in total. The van der Waals surface area contributed by atoms with E-state index in [1.165, 1.54) is 18.4 Å². The normalized spacial score (nSPS) is 28.1. The molecule has 1 saturated heterocycles. The number of hydrogen-bond acceptors (Lipinski definition) is 2. The van der Waals surface area contributed by atoms with Crippen molar-refractivity contribution in [2.75, 3.05) is 26.2 Å². The van der Waals surface area contributed by atoms with E-state index in [1.54, 1.807) is 0 Å². The molecule has 0 bridgehead atoms. The molecule has 2 unspecified atom stereocenters. The number of piperidine rings is 1. The minimum Gasteiger partial charge on any atom is -0.355 e. The first-order valence-electron chi connectivity index (χ1n) is 7.75. The van der Waals surface area contributed by atoms with Gasteiger partial charge in [-0.15, -0.1) is 0 Å². The molecule has 1 aromatic rings. The van der Waals surface area contributed by atoms with Crippen molar-refractivity contribution in [3.05, 3.63) is 35.9 Å². The van der Waals surface area contributed by atoms with Crippen LogP contribution in [0, 0.1) is 11.3 Å². The maximum absolute atomic E-state index is 12.0. The van der Waals surface area contributed by atoms with Crippen LogP contribution in [0.3, 0.4) is 0 Å². The summed E-state index contributed by atoms with van der Waals surface area (Å²) in [7, 11) is 0. The zero-order valence-electron chi connectivity index (χ0n) is 12.3. The van der Waals surface area contributed by atoms with Crippen LogP contribution in [0.2, 0.25) is 0 Å². The molecule has 108 valence electrons. The van der Waals surface area contributed by atoms with Crippen LogP contribution in [-0.4, -0.2) is 37.0 Å². The predicted octanol–water partition coefficient (Wildman–Crippen LogP) is 2.08. The number of amides is 1. The van der Waals surface area contributed by atoms with E-state index < -0.39 is 0 Å². The molecule has 0 radical (unpaired) electrons. The second kappa shape index (κ2) is 5.57. The van der Waals surface area contributed by atoms with Gasteiger partial charge in [0.1, 0.15) is 0 Å². The van der Waals surface area contributed by atoms with E-state index in [0.29, 0.717) is 12.0 Å². The highest BCUT2D eigenvalue weighted by Gasteiger charge is 2.58. The van der Waals surface area contributed by atoms with Crippen molar-refractivity contribution in [1.29, 1.82) is 0 Å². The van der Waals surface area contributed by atoms with Gasteiger partial charge in [0.15, 0.2) is 0 Å². The van der Waals surface area contributed by atoms with Gasteiger partial charge in [0.05, 0.1) is 6.54 Å².